The van der Waals surface area contributed by atoms with Gasteiger partial charge >= 0.3 is 0 Å². The second kappa shape index (κ2) is 11.1. The summed E-state index contributed by atoms with van der Waals surface area (Å²) in [6, 6.07) is 0. The predicted molar refractivity (Wildman–Crippen MR) is 119 cm³/mol. The van der Waals surface area contributed by atoms with Gasteiger partial charge in [0.25, 0.3) is 0 Å². The molecule has 0 bridgehead atoms. The summed E-state index contributed by atoms with van der Waals surface area (Å²) in [7, 11) is 0. The first-order valence-corrected chi connectivity index (χ1v) is 11.4. The van der Waals surface area contributed by atoms with Crippen molar-refractivity contribution in [2.75, 3.05) is 0 Å². The van der Waals surface area contributed by atoms with E-state index in [4.69, 9.17) is 0 Å². The van der Waals surface area contributed by atoms with Gasteiger partial charge in [-0.1, -0.05) is 65.5 Å². The van der Waals surface area contributed by atoms with E-state index >= 15 is 0 Å². The summed E-state index contributed by atoms with van der Waals surface area (Å²) >= 11 is 0. The SMILES string of the molecule is CCCCCCC(C)(C)NC(=O)CCc1cnnn1C[C@](O)(CC)C(C)(C)CC. The highest BCUT2D eigenvalue weighted by atomic mass is 16.3. The fourth-order valence-electron chi connectivity index (χ4n) is 3.72. The Morgan fingerprint density at radius 3 is 2.38 bits per heavy atom. The van der Waals surface area contributed by atoms with Gasteiger partial charge in [0.15, 0.2) is 0 Å². The van der Waals surface area contributed by atoms with Gasteiger partial charge in [-0.3, -0.25) is 4.79 Å². The van der Waals surface area contributed by atoms with Crippen molar-refractivity contribution in [3.8, 4) is 0 Å². The lowest BCUT2D eigenvalue weighted by atomic mass is 9.71. The van der Waals surface area contributed by atoms with Crippen LogP contribution in [0, 0.1) is 5.41 Å². The van der Waals surface area contributed by atoms with Gasteiger partial charge in [0.05, 0.1) is 24.0 Å². The van der Waals surface area contributed by atoms with Gasteiger partial charge in [0.2, 0.25) is 5.91 Å². The van der Waals surface area contributed by atoms with Gasteiger partial charge < -0.3 is 10.4 Å². The lowest BCUT2D eigenvalue weighted by Gasteiger charge is -2.42. The molecule has 0 aromatic carbocycles. The number of nitrogens with zero attached hydrogens (tertiary/aromatic N) is 3. The number of carbonyl (C=O) groups is 1. The lowest BCUT2D eigenvalue weighted by Crippen LogP contribution is -2.48. The Morgan fingerprint density at radius 2 is 1.79 bits per heavy atom. The molecular weight excluding hydrogens is 364 g/mol. The first-order chi connectivity index (χ1) is 13.5. The Hall–Kier alpha value is -1.43. The molecule has 0 radical (unpaired) electrons. The highest BCUT2D eigenvalue weighted by Gasteiger charge is 2.41. The number of aromatic nitrogens is 3. The molecule has 0 aliphatic heterocycles. The van der Waals surface area contributed by atoms with E-state index < -0.39 is 5.60 Å². The smallest absolute Gasteiger partial charge is 0.220 e. The maximum atomic E-state index is 12.5. The molecule has 1 aromatic heterocycles. The van der Waals surface area contributed by atoms with E-state index in [1.54, 1.807) is 10.9 Å². The molecule has 0 saturated carbocycles. The zero-order valence-corrected chi connectivity index (χ0v) is 19.8. The Morgan fingerprint density at radius 1 is 1.10 bits per heavy atom. The van der Waals surface area contributed by atoms with Crippen molar-refractivity contribution in [1.29, 1.82) is 0 Å². The summed E-state index contributed by atoms with van der Waals surface area (Å²) in [6.07, 6.45) is 10.0. The van der Waals surface area contributed by atoms with E-state index in [1.807, 2.05) is 6.92 Å². The number of nitrogens with one attached hydrogen (secondary N) is 1. The monoisotopic (exact) mass is 408 g/mol. The van der Waals surface area contributed by atoms with Crippen molar-refractivity contribution in [3.05, 3.63) is 11.9 Å². The number of rotatable bonds is 14. The summed E-state index contributed by atoms with van der Waals surface area (Å²) in [6.45, 7) is 15.1. The second-order valence-corrected chi connectivity index (χ2v) is 9.75. The molecule has 1 rings (SSSR count). The molecule has 0 spiro atoms. The molecule has 168 valence electrons. The Balaban J connectivity index is 2.64. The number of unbranched alkanes of at least 4 members (excludes halogenated alkanes) is 3. The van der Waals surface area contributed by atoms with Crippen molar-refractivity contribution in [2.45, 2.75) is 124 Å². The van der Waals surface area contributed by atoms with Crippen LogP contribution in [0.15, 0.2) is 6.20 Å². The molecular formula is C23H44N4O2. The van der Waals surface area contributed by atoms with Crippen LogP contribution in [0.2, 0.25) is 0 Å². The summed E-state index contributed by atoms with van der Waals surface area (Å²) in [4.78, 5) is 12.5. The third-order valence-electron chi connectivity index (χ3n) is 6.58. The van der Waals surface area contributed by atoms with Gasteiger partial charge in [-0.25, -0.2) is 4.68 Å². The Bertz CT molecular complexity index is 624. The number of aliphatic hydroxyl groups is 1. The summed E-state index contributed by atoms with van der Waals surface area (Å²) in [5.74, 6) is 0.0536. The molecule has 1 aromatic rings. The molecule has 1 heterocycles. The summed E-state index contributed by atoms with van der Waals surface area (Å²) < 4.78 is 1.77. The van der Waals surface area contributed by atoms with Gasteiger partial charge in [-0.05, 0) is 44.9 Å². The fourth-order valence-corrected chi connectivity index (χ4v) is 3.72. The minimum absolute atomic E-state index is 0.0536. The maximum absolute atomic E-state index is 12.5. The van der Waals surface area contributed by atoms with Crippen LogP contribution in [0.3, 0.4) is 0 Å². The molecule has 0 fully saturated rings. The van der Waals surface area contributed by atoms with Crippen LogP contribution in [0.25, 0.3) is 0 Å². The molecule has 0 unspecified atom stereocenters. The molecule has 29 heavy (non-hydrogen) atoms. The van der Waals surface area contributed by atoms with Crippen LogP contribution in [0.1, 0.15) is 106 Å². The van der Waals surface area contributed by atoms with Crippen LogP contribution in [0.5, 0.6) is 0 Å². The molecule has 0 saturated heterocycles. The van der Waals surface area contributed by atoms with Crippen molar-refractivity contribution < 1.29 is 9.90 Å². The standard InChI is InChI=1S/C23H44N4O2/c1-8-11-12-13-16-22(6,7)25-20(28)15-14-19-17-24-26-27(19)18-23(29,10-3)21(4,5)9-2/h17,29H,8-16,18H2,1-7H3,(H,25,28)/t23-/m1/s1. The predicted octanol–water partition coefficient (Wildman–Crippen LogP) is 4.65. The van der Waals surface area contributed by atoms with Gasteiger partial charge in [-0.15, -0.1) is 5.10 Å². The number of amides is 1. The second-order valence-electron chi connectivity index (χ2n) is 9.75. The van der Waals surface area contributed by atoms with Crippen LogP contribution < -0.4 is 5.32 Å². The van der Waals surface area contributed by atoms with Crippen LogP contribution in [0.4, 0.5) is 0 Å². The largest absolute Gasteiger partial charge is 0.387 e. The van der Waals surface area contributed by atoms with Gasteiger partial charge in [-0.2, -0.15) is 0 Å². The van der Waals surface area contributed by atoms with Crippen LogP contribution in [-0.2, 0) is 17.8 Å². The first kappa shape index (κ1) is 25.6. The highest BCUT2D eigenvalue weighted by Crippen LogP contribution is 2.38. The fraction of sp³-hybridized carbons (Fsp3) is 0.870. The van der Waals surface area contributed by atoms with E-state index in [2.05, 4.69) is 57.2 Å². The molecule has 0 aliphatic carbocycles. The minimum atomic E-state index is -0.868. The third kappa shape index (κ3) is 7.72. The molecule has 1 amide bonds. The average molecular weight is 409 g/mol. The molecule has 2 N–H and O–H groups in total. The minimum Gasteiger partial charge on any atom is -0.387 e. The number of carbonyl (C=O) groups excluding carboxylic acids is 1. The maximum Gasteiger partial charge on any atom is 0.220 e. The van der Waals surface area contributed by atoms with Crippen LogP contribution in [-0.4, -0.2) is 37.1 Å². The number of hydrogen-bond acceptors (Lipinski definition) is 4. The molecule has 1 atom stereocenters. The van der Waals surface area contributed by atoms with Crippen molar-refractivity contribution in [1.82, 2.24) is 20.3 Å². The van der Waals surface area contributed by atoms with Crippen molar-refractivity contribution in [2.24, 2.45) is 5.41 Å². The van der Waals surface area contributed by atoms with E-state index in [-0.39, 0.29) is 16.9 Å². The van der Waals surface area contributed by atoms with Gasteiger partial charge in [0.1, 0.15) is 0 Å². The normalized spacial score (nSPS) is 14.6. The first-order valence-electron chi connectivity index (χ1n) is 11.4. The van der Waals surface area contributed by atoms with E-state index in [0.29, 0.717) is 25.8 Å². The molecule has 6 nitrogen and oxygen atoms in total. The van der Waals surface area contributed by atoms with Crippen LogP contribution >= 0.6 is 0 Å². The lowest BCUT2D eigenvalue weighted by molar-refractivity contribution is -0.122. The van der Waals surface area contributed by atoms with E-state index in [0.717, 1.165) is 25.0 Å². The Labute approximate surface area is 177 Å². The average Bonchev–Trinajstić information content (AvgIpc) is 3.09. The zero-order chi connectivity index (χ0) is 22.1. The van der Waals surface area contributed by atoms with Crippen molar-refractivity contribution >= 4 is 5.91 Å². The summed E-state index contributed by atoms with van der Waals surface area (Å²) in [5.41, 5.74) is -0.395. The number of aryl methyl sites for hydroxylation is 1. The summed E-state index contributed by atoms with van der Waals surface area (Å²) in [5, 5.41) is 22.6. The molecule has 6 heteroatoms. The third-order valence-corrected chi connectivity index (χ3v) is 6.58. The van der Waals surface area contributed by atoms with E-state index in [9.17, 15) is 9.90 Å². The quantitative estimate of drug-likeness (QED) is 0.439. The van der Waals surface area contributed by atoms with Crippen molar-refractivity contribution in [3.63, 3.8) is 0 Å². The number of hydrogen-bond donors (Lipinski definition) is 2. The molecule has 0 aliphatic rings. The zero-order valence-electron chi connectivity index (χ0n) is 19.8. The van der Waals surface area contributed by atoms with Gasteiger partial charge in [0, 0.05) is 12.0 Å². The topological polar surface area (TPSA) is 80.0 Å². The Kier molecular flexibility index (Phi) is 9.80. The van der Waals surface area contributed by atoms with E-state index in [1.165, 1.54) is 19.3 Å². The highest BCUT2D eigenvalue weighted by molar-refractivity contribution is 5.76.